The molecular formula is C26H40F2. The highest BCUT2D eigenvalue weighted by Crippen LogP contribution is 2.37. The summed E-state index contributed by atoms with van der Waals surface area (Å²) in [7, 11) is 0. The van der Waals surface area contributed by atoms with Gasteiger partial charge in [0.15, 0.2) is 0 Å². The lowest BCUT2D eigenvalue weighted by Gasteiger charge is -2.27. The quantitative estimate of drug-likeness (QED) is 0.294. The van der Waals surface area contributed by atoms with E-state index < -0.39 is 6.08 Å². The first-order valence-electron chi connectivity index (χ1n) is 11.8. The van der Waals surface area contributed by atoms with E-state index in [2.05, 4.69) is 31.2 Å². The average molecular weight is 391 g/mol. The van der Waals surface area contributed by atoms with E-state index in [1.165, 1.54) is 81.8 Å². The van der Waals surface area contributed by atoms with Crippen molar-refractivity contribution in [2.24, 2.45) is 5.92 Å². The lowest BCUT2D eigenvalue weighted by Crippen LogP contribution is -2.11. The van der Waals surface area contributed by atoms with Gasteiger partial charge in [0.1, 0.15) is 0 Å². The van der Waals surface area contributed by atoms with Crippen molar-refractivity contribution in [1.29, 1.82) is 0 Å². The first kappa shape index (κ1) is 23.1. The van der Waals surface area contributed by atoms with E-state index in [4.69, 9.17) is 0 Å². The highest BCUT2D eigenvalue weighted by atomic mass is 19.3. The van der Waals surface area contributed by atoms with Crippen molar-refractivity contribution in [1.82, 2.24) is 0 Å². The number of allylic oxidation sites excluding steroid dienone is 1. The highest BCUT2D eigenvalue weighted by molar-refractivity contribution is 5.26. The van der Waals surface area contributed by atoms with E-state index in [0.29, 0.717) is 5.92 Å². The van der Waals surface area contributed by atoms with Crippen molar-refractivity contribution in [3.05, 3.63) is 47.5 Å². The van der Waals surface area contributed by atoms with Crippen molar-refractivity contribution < 1.29 is 8.78 Å². The maximum atomic E-state index is 12.4. The van der Waals surface area contributed by atoms with Crippen LogP contribution in [0.25, 0.3) is 0 Å². The lowest BCUT2D eigenvalue weighted by molar-refractivity contribution is 0.351. The monoisotopic (exact) mass is 390 g/mol. The molecule has 1 aliphatic rings. The molecule has 1 saturated carbocycles. The summed E-state index contributed by atoms with van der Waals surface area (Å²) < 4.78 is 24.8. The van der Waals surface area contributed by atoms with E-state index >= 15 is 0 Å². The number of hydrogen-bond acceptors (Lipinski definition) is 0. The normalized spacial score (nSPS) is 19.5. The van der Waals surface area contributed by atoms with Crippen LogP contribution in [0, 0.1) is 5.92 Å². The van der Waals surface area contributed by atoms with Crippen LogP contribution in [0.1, 0.15) is 114 Å². The number of halogens is 2. The van der Waals surface area contributed by atoms with E-state index in [0.717, 1.165) is 31.8 Å². The molecule has 158 valence electrons. The second-order valence-corrected chi connectivity index (χ2v) is 8.74. The molecule has 1 aliphatic carbocycles. The lowest BCUT2D eigenvalue weighted by atomic mass is 9.78. The zero-order valence-corrected chi connectivity index (χ0v) is 17.9. The fraction of sp³-hybridized carbons (Fsp3) is 0.692. The minimum atomic E-state index is -1.51. The molecule has 0 aliphatic heterocycles. The Hall–Kier alpha value is -1.18. The van der Waals surface area contributed by atoms with Gasteiger partial charge in [-0.2, -0.15) is 8.78 Å². The van der Waals surface area contributed by atoms with Crippen LogP contribution in [0.2, 0.25) is 0 Å². The van der Waals surface area contributed by atoms with Crippen molar-refractivity contribution in [3.8, 4) is 0 Å². The molecule has 0 amide bonds. The maximum absolute atomic E-state index is 12.4. The Morgan fingerprint density at radius 1 is 0.786 bits per heavy atom. The molecule has 0 saturated heterocycles. The summed E-state index contributed by atoms with van der Waals surface area (Å²) in [6.07, 6.45) is 18.5. The number of unbranched alkanes of at least 4 members (excludes halogenated alkanes) is 9. The summed E-state index contributed by atoms with van der Waals surface area (Å²) in [5.41, 5.74) is 2.84. The van der Waals surface area contributed by atoms with Crippen LogP contribution < -0.4 is 0 Å². The zero-order chi connectivity index (χ0) is 20.0. The van der Waals surface area contributed by atoms with Gasteiger partial charge in [-0.05, 0) is 67.6 Å². The minimum Gasteiger partial charge on any atom is -0.174 e. The second kappa shape index (κ2) is 13.9. The number of hydrogen-bond donors (Lipinski definition) is 0. The van der Waals surface area contributed by atoms with E-state index in [-0.39, 0.29) is 5.92 Å². The van der Waals surface area contributed by atoms with E-state index in [9.17, 15) is 8.78 Å². The Kier molecular flexibility index (Phi) is 11.5. The highest BCUT2D eigenvalue weighted by Gasteiger charge is 2.21. The predicted octanol–water partition coefficient (Wildman–Crippen LogP) is 9.20. The molecule has 0 unspecified atom stereocenters. The topological polar surface area (TPSA) is 0 Å². The maximum Gasteiger partial charge on any atom is 0.266 e. The van der Waals surface area contributed by atoms with Gasteiger partial charge < -0.3 is 0 Å². The van der Waals surface area contributed by atoms with E-state index in [1.54, 1.807) is 0 Å². The zero-order valence-electron chi connectivity index (χ0n) is 17.9. The Labute approximate surface area is 171 Å². The van der Waals surface area contributed by atoms with Gasteiger partial charge in [-0.1, -0.05) is 89.0 Å². The van der Waals surface area contributed by atoms with Gasteiger partial charge in [-0.25, -0.2) is 0 Å². The molecule has 1 fully saturated rings. The van der Waals surface area contributed by atoms with Crippen molar-refractivity contribution in [2.75, 3.05) is 0 Å². The van der Waals surface area contributed by atoms with Gasteiger partial charge in [0.05, 0.1) is 0 Å². The summed E-state index contributed by atoms with van der Waals surface area (Å²) in [5, 5.41) is 0. The average Bonchev–Trinajstić information content (AvgIpc) is 2.70. The molecule has 0 aromatic heterocycles. The summed E-state index contributed by atoms with van der Waals surface area (Å²) in [6, 6.07) is 9.14. The predicted molar refractivity (Wildman–Crippen MR) is 117 cm³/mol. The molecule has 2 rings (SSSR count). The molecule has 0 nitrogen and oxygen atoms in total. The number of rotatable bonds is 13. The number of benzene rings is 1. The third-order valence-electron chi connectivity index (χ3n) is 6.40. The summed E-state index contributed by atoms with van der Waals surface area (Å²) >= 11 is 0. The fourth-order valence-corrected chi connectivity index (χ4v) is 4.57. The molecule has 2 heteroatoms. The largest absolute Gasteiger partial charge is 0.266 e. The second-order valence-electron chi connectivity index (χ2n) is 8.74. The van der Waals surface area contributed by atoms with Gasteiger partial charge in [-0.3, -0.25) is 0 Å². The van der Waals surface area contributed by atoms with Crippen LogP contribution in [-0.4, -0.2) is 0 Å². The summed E-state index contributed by atoms with van der Waals surface area (Å²) in [6.45, 7) is 2.27. The third kappa shape index (κ3) is 9.34. The molecule has 0 N–H and O–H groups in total. The van der Waals surface area contributed by atoms with Crippen LogP contribution in [0.15, 0.2) is 36.4 Å². The van der Waals surface area contributed by atoms with Crippen molar-refractivity contribution in [3.63, 3.8) is 0 Å². The SMILES string of the molecule is CCCCCCCCCCCCc1ccc([C@H]2CC[C@H](C=C(F)F)CC2)cc1. The van der Waals surface area contributed by atoms with Crippen molar-refractivity contribution in [2.45, 2.75) is 109 Å². The molecule has 0 radical (unpaired) electrons. The van der Waals surface area contributed by atoms with Crippen molar-refractivity contribution >= 4 is 0 Å². The van der Waals surface area contributed by atoms with Gasteiger partial charge in [0.2, 0.25) is 0 Å². The van der Waals surface area contributed by atoms with Crippen LogP contribution in [-0.2, 0) is 6.42 Å². The van der Waals surface area contributed by atoms with Crippen LogP contribution in [0.4, 0.5) is 8.78 Å². The Morgan fingerprint density at radius 2 is 1.32 bits per heavy atom. The molecule has 28 heavy (non-hydrogen) atoms. The Balaban J connectivity index is 1.56. The minimum absolute atomic E-state index is 0.0804. The number of aryl methyl sites for hydroxylation is 1. The standard InChI is InChI=1S/C26H40F2/c1-2-3-4-5-6-7-8-9-10-11-12-22-13-17-24(18-14-22)25-19-15-23(16-20-25)21-26(27)28/h13-14,17-18,21,23,25H,2-12,15-16,19-20H2,1H3/t23-,25-. The van der Waals surface area contributed by atoms with Crippen LogP contribution in [0.5, 0.6) is 0 Å². The summed E-state index contributed by atoms with van der Waals surface area (Å²) in [4.78, 5) is 0. The first-order valence-corrected chi connectivity index (χ1v) is 11.8. The van der Waals surface area contributed by atoms with Gasteiger partial charge >= 0.3 is 0 Å². The Bertz CT molecular complexity index is 534. The van der Waals surface area contributed by atoms with Crippen LogP contribution in [0.3, 0.4) is 0 Å². The van der Waals surface area contributed by atoms with E-state index in [1.807, 2.05) is 0 Å². The molecule has 0 bridgehead atoms. The van der Waals surface area contributed by atoms with Crippen LogP contribution >= 0.6 is 0 Å². The smallest absolute Gasteiger partial charge is 0.174 e. The molecule has 0 spiro atoms. The van der Waals surface area contributed by atoms with Gasteiger partial charge in [-0.15, -0.1) is 0 Å². The molecular weight excluding hydrogens is 350 g/mol. The third-order valence-corrected chi connectivity index (χ3v) is 6.40. The Morgan fingerprint density at radius 3 is 1.86 bits per heavy atom. The fourth-order valence-electron chi connectivity index (χ4n) is 4.57. The molecule has 0 atom stereocenters. The first-order chi connectivity index (χ1) is 13.7. The van der Waals surface area contributed by atoms with Gasteiger partial charge in [0, 0.05) is 0 Å². The summed E-state index contributed by atoms with van der Waals surface area (Å²) in [5.74, 6) is 0.635. The molecule has 0 heterocycles. The molecule has 1 aromatic carbocycles. The molecule has 1 aromatic rings. The van der Waals surface area contributed by atoms with Gasteiger partial charge in [0.25, 0.3) is 6.08 Å².